The van der Waals surface area contributed by atoms with Gasteiger partial charge in [0.15, 0.2) is 0 Å². The van der Waals surface area contributed by atoms with Crippen molar-refractivity contribution in [1.29, 1.82) is 0 Å². The van der Waals surface area contributed by atoms with E-state index in [2.05, 4.69) is 40.6 Å². The Morgan fingerprint density at radius 1 is 1.00 bits per heavy atom. The summed E-state index contributed by atoms with van der Waals surface area (Å²) in [6.45, 7) is 0.875. The molecule has 0 spiro atoms. The van der Waals surface area contributed by atoms with E-state index in [9.17, 15) is 0 Å². The van der Waals surface area contributed by atoms with Crippen molar-refractivity contribution in [1.82, 2.24) is 4.98 Å². The van der Waals surface area contributed by atoms with Gasteiger partial charge in [0.1, 0.15) is 0 Å². The molecule has 0 atom stereocenters. The molecule has 0 saturated carbocycles. The Morgan fingerprint density at radius 3 is 2.87 bits per heavy atom. The molecule has 1 aromatic carbocycles. The fourth-order valence-corrected chi connectivity index (χ4v) is 2.01. The van der Waals surface area contributed by atoms with E-state index >= 15 is 0 Å². The lowest BCUT2D eigenvalue weighted by molar-refractivity contribution is 1.03. The van der Waals surface area contributed by atoms with Crippen LogP contribution in [0.1, 0.15) is 16.8 Å². The maximum Gasteiger partial charge on any atom is 0.0497 e. The second kappa shape index (κ2) is 3.39. The second-order valence-electron chi connectivity index (χ2n) is 3.80. The number of benzene rings is 1. The zero-order valence-electron chi connectivity index (χ0n) is 8.40. The molecule has 0 saturated heterocycles. The molecular weight excluding hydrogens is 184 g/mol. The third kappa shape index (κ3) is 1.48. The van der Waals surface area contributed by atoms with Crippen molar-refractivity contribution in [2.24, 2.45) is 0 Å². The van der Waals surface area contributed by atoms with Crippen molar-refractivity contribution in [2.75, 3.05) is 5.32 Å². The Hall–Kier alpha value is -1.83. The minimum atomic E-state index is 0.875. The highest BCUT2D eigenvalue weighted by Gasteiger charge is 2.11. The van der Waals surface area contributed by atoms with Crippen molar-refractivity contribution in [2.45, 2.75) is 13.0 Å². The summed E-state index contributed by atoms with van der Waals surface area (Å²) in [7, 11) is 0. The number of aromatic nitrogens is 1. The Balaban J connectivity index is 2.10. The summed E-state index contributed by atoms with van der Waals surface area (Å²) in [5, 5.41) is 3.44. The largest absolute Gasteiger partial charge is 0.381 e. The number of nitrogens with zero attached hydrogens (tertiary/aromatic N) is 1. The number of hydrogen-bond acceptors (Lipinski definition) is 2. The van der Waals surface area contributed by atoms with Crippen LogP contribution in [0.2, 0.25) is 0 Å². The van der Waals surface area contributed by atoms with Crippen molar-refractivity contribution in [3.63, 3.8) is 0 Å². The van der Waals surface area contributed by atoms with E-state index in [4.69, 9.17) is 0 Å². The first-order valence-corrected chi connectivity index (χ1v) is 5.18. The normalized spacial score (nSPS) is 13.3. The maximum atomic E-state index is 4.44. The van der Waals surface area contributed by atoms with Gasteiger partial charge < -0.3 is 5.32 Å². The van der Waals surface area contributed by atoms with E-state index in [0.717, 1.165) is 13.0 Å². The van der Waals surface area contributed by atoms with Crippen molar-refractivity contribution in [3.8, 4) is 0 Å². The van der Waals surface area contributed by atoms with Gasteiger partial charge in [0.2, 0.25) is 0 Å². The van der Waals surface area contributed by atoms with Crippen LogP contribution in [0.25, 0.3) is 0 Å². The molecule has 0 fully saturated rings. The van der Waals surface area contributed by atoms with Gasteiger partial charge in [-0.25, -0.2) is 0 Å². The summed E-state index contributed by atoms with van der Waals surface area (Å²) in [4.78, 5) is 4.44. The minimum absolute atomic E-state index is 0.875. The fraction of sp³-hybridized carbons (Fsp3) is 0.154. The van der Waals surface area contributed by atoms with Gasteiger partial charge in [0.05, 0.1) is 0 Å². The molecule has 1 aliphatic heterocycles. The van der Waals surface area contributed by atoms with Gasteiger partial charge in [-0.15, -0.1) is 0 Å². The molecule has 2 aromatic rings. The lowest BCUT2D eigenvalue weighted by atomic mass is 10.1. The van der Waals surface area contributed by atoms with Crippen LogP contribution < -0.4 is 5.32 Å². The van der Waals surface area contributed by atoms with Crippen LogP contribution >= 0.6 is 0 Å². The van der Waals surface area contributed by atoms with Gasteiger partial charge in [-0.1, -0.05) is 24.3 Å². The predicted octanol–water partition coefficient (Wildman–Crippen LogP) is 2.60. The Bertz CT molecular complexity index is 446. The third-order valence-electron chi connectivity index (χ3n) is 2.83. The molecule has 0 amide bonds. The van der Waals surface area contributed by atoms with E-state index in [1.54, 1.807) is 0 Å². The van der Waals surface area contributed by atoms with Crippen molar-refractivity contribution >= 4 is 5.69 Å². The average Bonchev–Trinajstić information content (AvgIpc) is 2.48. The van der Waals surface area contributed by atoms with Crippen LogP contribution in [-0.2, 0) is 13.0 Å². The Morgan fingerprint density at radius 2 is 1.87 bits per heavy atom. The van der Waals surface area contributed by atoms with Crippen LogP contribution in [0.4, 0.5) is 5.69 Å². The smallest absolute Gasteiger partial charge is 0.0497 e. The number of pyridine rings is 1. The molecule has 0 aliphatic carbocycles. The molecule has 0 bridgehead atoms. The summed E-state index contributed by atoms with van der Waals surface area (Å²) in [6.07, 6.45) is 2.80. The lowest BCUT2D eigenvalue weighted by Gasteiger charge is -2.05. The zero-order chi connectivity index (χ0) is 10.1. The van der Waals surface area contributed by atoms with Gasteiger partial charge in [-0.3, -0.25) is 4.98 Å². The Kier molecular flexibility index (Phi) is 1.91. The molecule has 0 unspecified atom stereocenters. The van der Waals surface area contributed by atoms with E-state index in [-0.39, 0.29) is 0 Å². The second-order valence-corrected chi connectivity index (χ2v) is 3.80. The summed E-state index contributed by atoms with van der Waals surface area (Å²) in [5.41, 5.74) is 5.05. The van der Waals surface area contributed by atoms with E-state index < -0.39 is 0 Å². The van der Waals surface area contributed by atoms with Gasteiger partial charge in [-0.2, -0.15) is 0 Å². The van der Waals surface area contributed by atoms with Crippen LogP contribution in [0, 0.1) is 0 Å². The number of rotatable bonds is 0. The molecular formula is C13H12N2. The summed E-state index contributed by atoms with van der Waals surface area (Å²) < 4.78 is 0. The van der Waals surface area contributed by atoms with Crippen molar-refractivity contribution < 1.29 is 0 Å². The predicted molar refractivity (Wildman–Crippen MR) is 60.8 cm³/mol. The van der Waals surface area contributed by atoms with Crippen LogP contribution in [0.3, 0.4) is 0 Å². The lowest BCUT2D eigenvalue weighted by Crippen LogP contribution is -1.99. The van der Waals surface area contributed by atoms with Gasteiger partial charge in [0, 0.05) is 30.5 Å². The number of hydrogen-bond donors (Lipinski definition) is 1. The maximum absolute atomic E-state index is 4.44. The highest BCUT2D eigenvalue weighted by molar-refractivity contribution is 5.55. The quantitative estimate of drug-likeness (QED) is 0.700. The molecule has 0 radical (unpaired) electrons. The van der Waals surface area contributed by atoms with Gasteiger partial charge in [-0.05, 0) is 23.3 Å². The summed E-state index contributed by atoms with van der Waals surface area (Å²) >= 11 is 0. The van der Waals surface area contributed by atoms with Crippen LogP contribution in [0.5, 0.6) is 0 Å². The van der Waals surface area contributed by atoms with E-state index in [1.165, 1.54) is 22.5 Å². The number of para-hydroxylation sites is 1. The van der Waals surface area contributed by atoms with Gasteiger partial charge in [0.25, 0.3) is 0 Å². The highest BCUT2D eigenvalue weighted by atomic mass is 14.9. The number of anilines is 1. The standard InChI is InChI=1S/C13H12N2/c1-2-6-12-10(4-1)8-13-11(9-15-12)5-3-7-14-13/h1-7,15H,8-9H2. The first kappa shape index (κ1) is 8.48. The average molecular weight is 196 g/mol. The molecule has 2 heterocycles. The van der Waals surface area contributed by atoms with E-state index in [1.807, 2.05) is 12.3 Å². The first-order valence-electron chi connectivity index (χ1n) is 5.18. The molecule has 74 valence electrons. The molecule has 2 nitrogen and oxygen atoms in total. The summed E-state index contributed by atoms with van der Waals surface area (Å²) in [5.74, 6) is 0. The molecule has 1 N–H and O–H groups in total. The number of nitrogens with one attached hydrogen (secondary N) is 1. The van der Waals surface area contributed by atoms with E-state index in [0.29, 0.717) is 0 Å². The minimum Gasteiger partial charge on any atom is -0.381 e. The monoisotopic (exact) mass is 196 g/mol. The van der Waals surface area contributed by atoms with Crippen molar-refractivity contribution in [3.05, 3.63) is 59.4 Å². The fourth-order valence-electron chi connectivity index (χ4n) is 2.01. The molecule has 2 heteroatoms. The number of fused-ring (bicyclic) bond motifs is 2. The topological polar surface area (TPSA) is 24.9 Å². The summed E-state index contributed by atoms with van der Waals surface area (Å²) in [6, 6.07) is 12.6. The first-order chi connectivity index (χ1) is 7.43. The van der Waals surface area contributed by atoms with Crippen LogP contribution in [-0.4, -0.2) is 4.98 Å². The third-order valence-corrected chi connectivity index (χ3v) is 2.83. The molecule has 1 aliphatic rings. The van der Waals surface area contributed by atoms with Gasteiger partial charge >= 0.3 is 0 Å². The molecule has 1 aromatic heterocycles. The zero-order valence-corrected chi connectivity index (χ0v) is 8.40. The SMILES string of the molecule is c1ccc2c(c1)Cc1ncccc1CN2. The Labute approximate surface area is 89.0 Å². The van der Waals surface area contributed by atoms with Crippen LogP contribution in [0.15, 0.2) is 42.6 Å². The molecule has 15 heavy (non-hydrogen) atoms. The highest BCUT2D eigenvalue weighted by Crippen LogP contribution is 2.24. The molecule has 3 rings (SSSR count).